The summed E-state index contributed by atoms with van der Waals surface area (Å²) >= 11 is 0. The Labute approximate surface area is 105 Å². The van der Waals surface area contributed by atoms with E-state index >= 15 is 0 Å². The Morgan fingerprint density at radius 1 is 1.17 bits per heavy atom. The molecule has 94 valence electrons. The second-order valence-corrected chi connectivity index (χ2v) is 4.41. The van der Waals surface area contributed by atoms with Crippen LogP contribution in [0.1, 0.15) is 12.8 Å². The van der Waals surface area contributed by atoms with Crippen LogP contribution >= 0.6 is 0 Å². The van der Waals surface area contributed by atoms with Crippen LogP contribution in [0.25, 0.3) is 5.69 Å². The molecule has 0 spiro atoms. The molecule has 1 aliphatic carbocycles. The number of nitrogens with one attached hydrogen (secondary N) is 2. The van der Waals surface area contributed by atoms with Gasteiger partial charge in [0.15, 0.2) is 0 Å². The third-order valence-electron chi connectivity index (χ3n) is 2.89. The van der Waals surface area contributed by atoms with Gasteiger partial charge in [0.2, 0.25) is 5.95 Å². The van der Waals surface area contributed by atoms with Crippen molar-refractivity contribution in [2.75, 3.05) is 18.4 Å². The molecular formula is C12H16N6. The fraction of sp³-hybridized carbons (Fsp3) is 0.417. The number of rotatable bonds is 6. The van der Waals surface area contributed by atoms with Crippen molar-refractivity contribution in [1.82, 2.24) is 25.5 Å². The molecule has 2 N–H and O–H groups in total. The topological polar surface area (TPSA) is 67.7 Å². The lowest BCUT2D eigenvalue weighted by Crippen LogP contribution is -2.24. The first-order valence-electron chi connectivity index (χ1n) is 6.24. The molecular weight excluding hydrogens is 228 g/mol. The van der Waals surface area contributed by atoms with Crippen LogP contribution in [0.5, 0.6) is 0 Å². The van der Waals surface area contributed by atoms with Gasteiger partial charge in [-0.1, -0.05) is 23.3 Å². The van der Waals surface area contributed by atoms with E-state index in [4.69, 9.17) is 0 Å². The van der Waals surface area contributed by atoms with E-state index in [-0.39, 0.29) is 0 Å². The minimum Gasteiger partial charge on any atom is -0.351 e. The molecule has 0 saturated heterocycles. The lowest BCUT2D eigenvalue weighted by atomic mass is 10.3. The van der Waals surface area contributed by atoms with Gasteiger partial charge in [-0.15, -0.1) is 0 Å². The lowest BCUT2D eigenvalue weighted by Gasteiger charge is -2.07. The maximum Gasteiger partial charge on any atom is 0.247 e. The summed E-state index contributed by atoms with van der Waals surface area (Å²) in [5.74, 6) is 0.679. The standard InChI is InChI=1S/C12H16N6/c1-2-4-11(5-3-1)18-12(15-16-17-18)14-9-8-13-10-6-7-10/h1-5,10,13H,6-9H2,(H,14,15,17). The summed E-state index contributed by atoms with van der Waals surface area (Å²) in [6.07, 6.45) is 2.61. The third-order valence-corrected chi connectivity index (χ3v) is 2.89. The lowest BCUT2D eigenvalue weighted by molar-refractivity contribution is 0.697. The van der Waals surface area contributed by atoms with Gasteiger partial charge in [0, 0.05) is 19.1 Å². The molecule has 0 amide bonds. The van der Waals surface area contributed by atoms with Crippen LogP contribution in [0.3, 0.4) is 0 Å². The molecule has 0 atom stereocenters. The van der Waals surface area contributed by atoms with E-state index in [9.17, 15) is 0 Å². The van der Waals surface area contributed by atoms with Gasteiger partial charge in [0.25, 0.3) is 0 Å². The summed E-state index contributed by atoms with van der Waals surface area (Å²) in [7, 11) is 0. The minimum atomic E-state index is 0.679. The predicted molar refractivity (Wildman–Crippen MR) is 68.7 cm³/mol. The Morgan fingerprint density at radius 3 is 2.78 bits per heavy atom. The molecule has 18 heavy (non-hydrogen) atoms. The number of para-hydroxylation sites is 1. The molecule has 0 aliphatic heterocycles. The van der Waals surface area contributed by atoms with Crippen molar-refractivity contribution in [3.05, 3.63) is 30.3 Å². The highest BCUT2D eigenvalue weighted by atomic mass is 15.6. The van der Waals surface area contributed by atoms with Crippen molar-refractivity contribution in [2.24, 2.45) is 0 Å². The van der Waals surface area contributed by atoms with Gasteiger partial charge in [0.1, 0.15) is 0 Å². The first kappa shape index (κ1) is 11.2. The SMILES string of the molecule is c1ccc(-n2nnnc2NCCNC2CC2)cc1. The average molecular weight is 244 g/mol. The number of anilines is 1. The van der Waals surface area contributed by atoms with E-state index in [0.717, 1.165) is 24.8 Å². The summed E-state index contributed by atoms with van der Waals surface area (Å²) in [5, 5.41) is 18.4. The summed E-state index contributed by atoms with van der Waals surface area (Å²) in [4.78, 5) is 0. The minimum absolute atomic E-state index is 0.679. The molecule has 1 aromatic heterocycles. The van der Waals surface area contributed by atoms with Crippen molar-refractivity contribution < 1.29 is 0 Å². The van der Waals surface area contributed by atoms with Crippen LogP contribution in [0.15, 0.2) is 30.3 Å². The van der Waals surface area contributed by atoms with Crippen molar-refractivity contribution in [2.45, 2.75) is 18.9 Å². The fourth-order valence-corrected chi connectivity index (χ4v) is 1.78. The molecule has 1 aliphatic rings. The van der Waals surface area contributed by atoms with E-state index in [2.05, 4.69) is 26.2 Å². The molecule has 3 rings (SSSR count). The van der Waals surface area contributed by atoms with Gasteiger partial charge in [0.05, 0.1) is 5.69 Å². The van der Waals surface area contributed by atoms with Crippen LogP contribution in [-0.4, -0.2) is 39.3 Å². The van der Waals surface area contributed by atoms with E-state index < -0.39 is 0 Å². The van der Waals surface area contributed by atoms with Crippen LogP contribution < -0.4 is 10.6 Å². The molecule has 0 unspecified atom stereocenters. The first-order valence-corrected chi connectivity index (χ1v) is 6.24. The smallest absolute Gasteiger partial charge is 0.247 e. The number of tetrazole rings is 1. The third kappa shape index (κ3) is 2.65. The average Bonchev–Trinajstić information content (AvgIpc) is 3.12. The van der Waals surface area contributed by atoms with Crippen molar-refractivity contribution in [3.8, 4) is 5.69 Å². The quantitative estimate of drug-likeness (QED) is 0.737. The van der Waals surface area contributed by atoms with Crippen LogP contribution in [0.4, 0.5) is 5.95 Å². The molecule has 1 saturated carbocycles. The van der Waals surface area contributed by atoms with Crippen molar-refractivity contribution in [3.63, 3.8) is 0 Å². The second kappa shape index (κ2) is 5.14. The largest absolute Gasteiger partial charge is 0.351 e. The maximum absolute atomic E-state index is 3.99. The Morgan fingerprint density at radius 2 is 2.00 bits per heavy atom. The zero-order chi connectivity index (χ0) is 12.2. The molecule has 6 nitrogen and oxygen atoms in total. The van der Waals surface area contributed by atoms with E-state index in [0.29, 0.717) is 5.95 Å². The molecule has 0 bridgehead atoms. The number of aromatic nitrogens is 4. The van der Waals surface area contributed by atoms with Crippen molar-refractivity contribution in [1.29, 1.82) is 0 Å². The summed E-state index contributed by atoms with van der Waals surface area (Å²) in [6.45, 7) is 1.76. The zero-order valence-corrected chi connectivity index (χ0v) is 10.1. The summed E-state index contributed by atoms with van der Waals surface area (Å²) in [5.41, 5.74) is 0.958. The molecule has 1 heterocycles. The predicted octanol–water partition coefficient (Wildman–Crippen LogP) is 0.826. The van der Waals surface area contributed by atoms with Gasteiger partial charge < -0.3 is 10.6 Å². The van der Waals surface area contributed by atoms with E-state index in [1.807, 2.05) is 30.3 Å². The number of benzene rings is 1. The molecule has 1 fully saturated rings. The highest BCUT2D eigenvalue weighted by molar-refractivity contribution is 5.38. The second-order valence-electron chi connectivity index (χ2n) is 4.41. The molecule has 2 aromatic rings. The monoisotopic (exact) mass is 244 g/mol. The van der Waals surface area contributed by atoms with E-state index in [1.165, 1.54) is 12.8 Å². The van der Waals surface area contributed by atoms with Gasteiger partial charge in [-0.2, -0.15) is 4.68 Å². The summed E-state index contributed by atoms with van der Waals surface area (Å²) < 4.78 is 1.71. The number of hydrogen-bond acceptors (Lipinski definition) is 5. The number of hydrogen-bond donors (Lipinski definition) is 2. The van der Waals surface area contributed by atoms with Gasteiger partial charge in [-0.3, -0.25) is 0 Å². The molecule has 0 radical (unpaired) electrons. The maximum atomic E-state index is 3.99. The van der Waals surface area contributed by atoms with Crippen LogP contribution in [0.2, 0.25) is 0 Å². The van der Waals surface area contributed by atoms with Crippen LogP contribution in [-0.2, 0) is 0 Å². The van der Waals surface area contributed by atoms with Gasteiger partial charge >= 0.3 is 0 Å². The normalized spacial score (nSPS) is 14.7. The van der Waals surface area contributed by atoms with Crippen molar-refractivity contribution >= 4 is 5.95 Å². The molecule has 6 heteroatoms. The highest BCUT2D eigenvalue weighted by Gasteiger charge is 2.19. The first-order chi connectivity index (χ1) is 8.93. The Kier molecular flexibility index (Phi) is 3.18. The summed E-state index contributed by atoms with van der Waals surface area (Å²) in [6, 6.07) is 10.6. The van der Waals surface area contributed by atoms with Gasteiger partial charge in [-0.25, -0.2) is 0 Å². The Hall–Kier alpha value is -1.95. The number of nitrogens with zero attached hydrogens (tertiary/aromatic N) is 4. The molecule has 1 aromatic carbocycles. The van der Waals surface area contributed by atoms with E-state index in [1.54, 1.807) is 4.68 Å². The highest BCUT2D eigenvalue weighted by Crippen LogP contribution is 2.18. The Balaban J connectivity index is 1.60. The van der Waals surface area contributed by atoms with Crippen LogP contribution in [0, 0.1) is 0 Å². The zero-order valence-electron chi connectivity index (χ0n) is 10.1. The Bertz CT molecular complexity index is 490. The van der Waals surface area contributed by atoms with Gasteiger partial charge in [-0.05, 0) is 35.4 Å². The fourth-order valence-electron chi connectivity index (χ4n) is 1.78.